The van der Waals surface area contributed by atoms with Crippen LogP contribution in [0.5, 0.6) is 0 Å². The van der Waals surface area contributed by atoms with Gasteiger partial charge in [0.2, 0.25) is 5.91 Å². The summed E-state index contributed by atoms with van der Waals surface area (Å²) in [6, 6.07) is 17.1. The number of rotatable bonds is 5. The number of hydrogen-bond donors (Lipinski definition) is 2. The summed E-state index contributed by atoms with van der Waals surface area (Å²) in [7, 11) is 0. The summed E-state index contributed by atoms with van der Waals surface area (Å²) in [5, 5.41) is 1.33. The van der Waals surface area contributed by atoms with E-state index in [-0.39, 0.29) is 5.91 Å². The fraction of sp³-hybridized carbons (Fsp3) is 0.375. The standard InChI is InChI=1S/C24H29N3O/c1-24(2,23(25)28)20-7-3-5-18(15-20)17-10-13-27(14-11-17)16-19-6-4-8-22-21(19)9-12-26-22/h3-9,12,15,17,26H,10-11,13-14,16H2,1-2H3,(H2,25,28). The lowest BCUT2D eigenvalue weighted by Crippen LogP contribution is -2.35. The normalized spacial score (nSPS) is 16.5. The molecule has 4 nitrogen and oxygen atoms in total. The second kappa shape index (κ2) is 7.44. The summed E-state index contributed by atoms with van der Waals surface area (Å²) in [5.41, 5.74) is 9.92. The summed E-state index contributed by atoms with van der Waals surface area (Å²) in [4.78, 5) is 17.7. The van der Waals surface area contributed by atoms with Crippen LogP contribution in [0.3, 0.4) is 0 Å². The molecule has 28 heavy (non-hydrogen) atoms. The Labute approximate surface area is 166 Å². The van der Waals surface area contributed by atoms with Gasteiger partial charge < -0.3 is 10.7 Å². The van der Waals surface area contributed by atoms with Gasteiger partial charge in [0.25, 0.3) is 0 Å². The average Bonchev–Trinajstić information content (AvgIpc) is 3.18. The number of aromatic amines is 1. The van der Waals surface area contributed by atoms with E-state index in [2.05, 4.69) is 52.3 Å². The number of benzene rings is 2. The van der Waals surface area contributed by atoms with Gasteiger partial charge in [-0.15, -0.1) is 0 Å². The smallest absolute Gasteiger partial charge is 0.227 e. The summed E-state index contributed by atoms with van der Waals surface area (Å²) < 4.78 is 0. The average molecular weight is 376 g/mol. The third kappa shape index (κ3) is 3.57. The zero-order chi connectivity index (χ0) is 19.7. The van der Waals surface area contributed by atoms with E-state index in [0.717, 1.165) is 38.0 Å². The third-order valence-corrected chi connectivity index (χ3v) is 6.36. The number of aromatic nitrogens is 1. The molecule has 0 unspecified atom stereocenters. The Hall–Kier alpha value is -2.59. The van der Waals surface area contributed by atoms with Crippen molar-refractivity contribution in [3.05, 3.63) is 71.4 Å². The Morgan fingerprint density at radius 3 is 2.64 bits per heavy atom. The van der Waals surface area contributed by atoms with Crippen LogP contribution in [0.2, 0.25) is 0 Å². The quantitative estimate of drug-likeness (QED) is 0.698. The SMILES string of the molecule is CC(C)(C(N)=O)c1cccc(C2CCN(Cc3cccc4[nH]ccc34)CC2)c1. The third-order valence-electron chi connectivity index (χ3n) is 6.36. The monoisotopic (exact) mass is 375 g/mol. The van der Waals surface area contributed by atoms with Crippen molar-refractivity contribution >= 4 is 16.8 Å². The topological polar surface area (TPSA) is 62.1 Å². The number of nitrogens with two attached hydrogens (primary N) is 1. The van der Waals surface area contributed by atoms with Gasteiger partial charge in [0.15, 0.2) is 0 Å². The van der Waals surface area contributed by atoms with Crippen molar-refractivity contribution < 1.29 is 4.79 Å². The van der Waals surface area contributed by atoms with Crippen molar-refractivity contribution in [3.8, 4) is 0 Å². The number of carbonyl (C=O) groups is 1. The van der Waals surface area contributed by atoms with E-state index in [1.54, 1.807) is 0 Å². The van der Waals surface area contributed by atoms with E-state index >= 15 is 0 Å². The van der Waals surface area contributed by atoms with Crippen LogP contribution in [0, 0.1) is 0 Å². The predicted octanol–water partition coefficient (Wildman–Crippen LogP) is 4.31. The number of likely N-dealkylation sites (tertiary alicyclic amines) is 1. The molecule has 1 aromatic heterocycles. The first kappa shape index (κ1) is 18.8. The highest BCUT2D eigenvalue weighted by Crippen LogP contribution is 2.32. The molecule has 3 N–H and O–H groups in total. The Morgan fingerprint density at radius 1 is 1.14 bits per heavy atom. The van der Waals surface area contributed by atoms with Crippen LogP contribution in [0.1, 0.15) is 49.3 Å². The first-order valence-corrected chi connectivity index (χ1v) is 10.1. The highest BCUT2D eigenvalue weighted by molar-refractivity contribution is 5.85. The van der Waals surface area contributed by atoms with Crippen molar-refractivity contribution in [1.82, 2.24) is 9.88 Å². The zero-order valence-corrected chi connectivity index (χ0v) is 16.7. The Bertz CT molecular complexity index is 980. The highest BCUT2D eigenvalue weighted by Gasteiger charge is 2.28. The van der Waals surface area contributed by atoms with E-state index in [1.807, 2.05) is 26.1 Å². The van der Waals surface area contributed by atoms with Gasteiger partial charge in [-0.2, -0.15) is 0 Å². The van der Waals surface area contributed by atoms with Gasteiger partial charge in [0.1, 0.15) is 0 Å². The number of primary amides is 1. The molecule has 0 bridgehead atoms. The first-order valence-electron chi connectivity index (χ1n) is 10.1. The molecule has 0 aliphatic carbocycles. The number of carbonyl (C=O) groups excluding carboxylic acids is 1. The fourth-order valence-electron chi connectivity index (χ4n) is 4.28. The van der Waals surface area contributed by atoms with Gasteiger partial charge in [-0.05, 0) is 74.5 Å². The molecule has 146 valence electrons. The van der Waals surface area contributed by atoms with Gasteiger partial charge in [-0.3, -0.25) is 9.69 Å². The molecule has 2 heterocycles. The molecule has 2 aromatic carbocycles. The van der Waals surface area contributed by atoms with Crippen molar-refractivity contribution in [2.75, 3.05) is 13.1 Å². The van der Waals surface area contributed by atoms with Crippen LogP contribution < -0.4 is 5.73 Å². The highest BCUT2D eigenvalue weighted by atomic mass is 16.1. The summed E-state index contributed by atoms with van der Waals surface area (Å²) in [6.07, 6.45) is 4.30. The van der Waals surface area contributed by atoms with E-state index in [0.29, 0.717) is 5.92 Å². The second-order valence-corrected chi connectivity index (χ2v) is 8.52. The molecule has 1 aliphatic heterocycles. The van der Waals surface area contributed by atoms with E-state index in [1.165, 1.54) is 22.0 Å². The van der Waals surface area contributed by atoms with Crippen LogP contribution in [0.25, 0.3) is 10.9 Å². The number of hydrogen-bond acceptors (Lipinski definition) is 2. The van der Waals surface area contributed by atoms with Crippen molar-refractivity contribution in [3.63, 3.8) is 0 Å². The van der Waals surface area contributed by atoms with Gasteiger partial charge in [0, 0.05) is 23.6 Å². The molecule has 3 aromatic rings. The molecule has 0 atom stereocenters. The van der Waals surface area contributed by atoms with Crippen LogP contribution >= 0.6 is 0 Å². The minimum absolute atomic E-state index is 0.279. The van der Waals surface area contributed by atoms with E-state index in [4.69, 9.17) is 5.73 Å². The lowest BCUT2D eigenvalue weighted by atomic mass is 9.80. The summed E-state index contributed by atoms with van der Waals surface area (Å²) in [6.45, 7) is 6.98. The molecule has 1 amide bonds. The minimum Gasteiger partial charge on any atom is -0.369 e. The molecular formula is C24H29N3O. The molecule has 0 saturated carbocycles. The van der Waals surface area contributed by atoms with Crippen molar-refractivity contribution in [1.29, 1.82) is 0 Å². The van der Waals surface area contributed by atoms with Gasteiger partial charge in [0.05, 0.1) is 5.41 Å². The molecule has 4 heteroatoms. The van der Waals surface area contributed by atoms with E-state index in [9.17, 15) is 4.79 Å². The number of piperidine rings is 1. The maximum Gasteiger partial charge on any atom is 0.227 e. The summed E-state index contributed by atoms with van der Waals surface area (Å²) >= 11 is 0. The molecular weight excluding hydrogens is 346 g/mol. The summed E-state index contributed by atoms with van der Waals surface area (Å²) in [5.74, 6) is 0.265. The molecule has 0 spiro atoms. The maximum atomic E-state index is 11.8. The Balaban J connectivity index is 1.43. The number of fused-ring (bicyclic) bond motifs is 1. The largest absolute Gasteiger partial charge is 0.369 e. The van der Waals surface area contributed by atoms with Crippen molar-refractivity contribution in [2.24, 2.45) is 5.73 Å². The van der Waals surface area contributed by atoms with Crippen LogP contribution in [0.15, 0.2) is 54.7 Å². The molecule has 1 saturated heterocycles. The van der Waals surface area contributed by atoms with Crippen LogP contribution in [0.4, 0.5) is 0 Å². The maximum absolute atomic E-state index is 11.8. The number of nitrogens with one attached hydrogen (secondary N) is 1. The Morgan fingerprint density at radius 2 is 1.89 bits per heavy atom. The predicted molar refractivity (Wildman–Crippen MR) is 114 cm³/mol. The lowest BCUT2D eigenvalue weighted by molar-refractivity contribution is -0.122. The number of amides is 1. The minimum atomic E-state index is -0.633. The molecule has 0 radical (unpaired) electrons. The first-order chi connectivity index (χ1) is 13.4. The number of H-pyrrole nitrogens is 1. The van der Waals surface area contributed by atoms with Gasteiger partial charge >= 0.3 is 0 Å². The second-order valence-electron chi connectivity index (χ2n) is 8.52. The zero-order valence-electron chi connectivity index (χ0n) is 16.7. The molecule has 4 rings (SSSR count). The van der Waals surface area contributed by atoms with Gasteiger partial charge in [-0.1, -0.05) is 36.4 Å². The lowest BCUT2D eigenvalue weighted by Gasteiger charge is -2.33. The van der Waals surface area contributed by atoms with Crippen LogP contribution in [-0.2, 0) is 16.8 Å². The molecule has 1 aliphatic rings. The van der Waals surface area contributed by atoms with Gasteiger partial charge in [-0.25, -0.2) is 0 Å². The van der Waals surface area contributed by atoms with Crippen LogP contribution in [-0.4, -0.2) is 28.9 Å². The van der Waals surface area contributed by atoms with E-state index < -0.39 is 5.41 Å². The molecule has 1 fully saturated rings. The fourth-order valence-corrected chi connectivity index (χ4v) is 4.28. The number of nitrogens with zero attached hydrogens (tertiary/aromatic N) is 1. The van der Waals surface area contributed by atoms with Crippen molar-refractivity contribution in [2.45, 2.75) is 44.6 Å². The Kier molecular flexibility index (Phi) is 4.98.